The molecule has 8 nitrogen and oxygen atoms in total. The third kappa shape index (κ3) is 5.23. The molecule has 1 aromatic carbocycles. The molecule has 0 aliphatic rings. The first-order chi connectivity index (χ1) is 16.1. The van der Waals surface area contributed by atoms with Crippen LogP contribution in [0.4, 0.5) is 17.5 Å². The van der Waals surface area contributed by atoms with Crippen molar-refractivity contribution in [1.29, 1.82) is 0 Å². The van der Waals surface area contributed by atoms with Crippen LogP contribution in [0.5, 0.6) is 5.75 Å². The summed E-state index contributed by atoms with van der Waals surface area (Å²) in [5, 5.41) is 8.04. The number of anilines is 3. The largest absolute Gasteiger partial charge is 0.497 e. The van der Waals surface area contributed by atoms with Gasteiger partial charge in [-0.25, -0.2) is 9.50 Å². The Morgan fingerprint density at radius 3 is 2.52 bits per heavy atom. The summed E-state index contributed by atoms with van der Waals surface area (Å²) in [6.07, 6.45) is 1.81. The summed E-state index contributed by atoms with van der Waals surface area (Å²) in [5.74, 6) is 2.27. The number of fused-ring (bicyclic) bond motifs is 1. The minimum Gasteiger partial charge on any atom is -0.497 e. The zero-order valence-electron chi connectivity index (χ0n) is 19.7. The second kappa shape index (κ2) is 10.3. The van der Waals surface area contributed by atoms with Gasteiger partial charge in [0.25, 0.3) is 0 Å². The Labute approximate surface area is 194 Å². The molecule has 0 aliphatic carbocycles. The van der Waals surface area contributed by atoms with E-state index in [0.717, 1.165) is 60.3 Å². The van der Waals surface area contributed by atoms with Gasteiger partial charge in [0.05, 0.1) is 12.8 Å². The smallest absolute Gasteiger partial charge is 0.247 e. The van der Waals surface area contributed by atoms with Crippen LogP contribution in [0.3, 0.4) is 0 Å². The molecule has 0 spiro atoms. The molecule has 33 heavy (non-hydrogen) atoms. The van der Waals surface area contributed by atoms with E-state index in [0.29, 0.717) is 5.95 Å². The fourth-order valence-electron chi connectivity index (χ4n) is 3.72. The summed E-state index contributed by atoms with van der Waals surface area (Å²) < 4.78 is 7.12. The van der Waals surface area contributed by atoms with Crippen LogP contribution in [0, 0.1) is 0 Å². The molecule has 0 unspecified atom stereocenters. The lowest BCUT2D eigenvalue weighted by atomic mass is 10.1. The molecule has 3 heterocycles. The van der Waals surface area contributed by atoms with Crippen LogP contribution < -0.4 is 15.0 Å². The quantitative estimate of drug-likeness (QED) is 0.390. The van der Waals surface area contributed by atoms with Crippen LogP contribution in [-0.4, -0.2) is 64.8 Å². The third-order valence-corrected chi connectivity index (χ3v) is 5.78. The molecule has 4 rings (SSSR count). The lowest BCUT2D eigenvalue weighted by Gasteiger charge is -2.24. The van der Waals surface area contributed by atoms with Gasteiger partial charge in [0.15, 0.2) is 5.65 Å². The summed E-state index contributed by atoms with van der Waals surface area (Å²) in [4.78, 5) is 13.8. The Bertz CT molecular complexity index is 1190. The number of nitrogens with zero attached hydrogens (tertiary/aromatic N) is 6. The Kier molecular flexibility index (Phi) is 7.04. The van der Waals surface area contributed by atoms with Crippen molar-refractivity contribution in [3.8, 4) is 17.0 Å². The van der Waals surface area contributed by atoms with Crippen molar-refractivity contribution in [3.05, 3.63) is 60.8 Å². The number of ether oxygens (including phenoxy) is 1. The zero-order valence-corrected chi connectivity index (χ0v) is 19.7. The Hall–Kier alpha value is -3.65. The van der Waals surface area contributed by atoms with Crippen LogP contribution in [0.1, 0.15) is 13.8 Å². The number of likely N-dealkylation sites (N-methyl/N-ethyl adjacent to an activating group) is 2. The van der Waals surface area contributed by atoms with E-state index in [1.165, 1.54) is 0 Å². The topological polar surface area (TPSA) is 70.8 Å². The van der Waals surface area contributed by atoms with E-state index in [9.17, 15) is 0 Å². The zero-order chi connectivity index (χ0) is 23.2. The van der Waals surface area contributed by atoms with Gasteiger partial charge in [0.1, 0.15) is 11.6 Å². The van der Waals surface area contributed by atoms with E-state index in [4.69, 9.17) is 9.84 Å². The molecule has 0 radical (unpaired) electrons. The van der Waals surface area contributed by atoms with Crippen molar-refractivity contribution < 1.29 is 4.74 Å². The van der Waals surface area contributed by atoms with Gasteiger partial charge in [-0.05, 0) is 55.6 Å². The molecule has 0 saturated heterocycles. The lowest BCUT2D eigenvalue weighted by molar-refractivity contribution is 0.311. The molecule has 0 atom stereocenters. The minimum atomic E-state index is 0.541. The number of hydrogen-bond acceptors (Lipinski definition) is 7. The van der Waals surface area contributed by atoms with Crippen LogP contribution >= 0.6 is 0 Å². The summed E-state index contributed by atoms with van der Waals surface area (Å²) in [7, 11) is 3.73. The maximum atomic E-state index is 5.27. The first-order valence-corrected chi connectivity index (χ1v) is 11.3. The number of rotatable bonds is 10. The fraction of sp³-hybridized carbons (Fsp3) is 0.320. The standard InChI is InChI=1S/C25H31N7O/c1-5-31(6-2)17-16-30(3)24-18-20(14-15-26-24)27-25-28-23-9-7-8-22(32(23)29-25)19-10-12-21(33-4)13-11-19/h7-15,18H,5-6,16-17H2,1-4H3,(H,26,27,29). The molecule has 0 amide bonds. The number of benzene rings is 1. The Morgan fingerprint density at radius 2 is 1.79 bits per heavy atom. The van der Waals surface area contributed by atoms with Gasteiger partial charge in [-0.2, -0.15) is 4.98 Å². The van der Waals surface area contributed by atoms with Crippen molar-refractivity contribution in [2.75, 3.05) is 50.6 Å². The highest BCUT2D eigenvalue weighted by molar-refractivity contribution is 5.66. The van der Waals surface area contributed by atoms with E-state index in [-0.39, 0.29) is 0 Å². The van der Waals surface area contributed by atoms with E-state index in [2.05, 4.69) is 46.0 Å². The Morgan fingerprint density at radius 1 is 1.00 bits per heavy atom. The van der Waals surface area contributed by atoms with E-state index in [1.807, 2.05) is 65.3 Å². The van der Waals surface area contributed by atoms with Gasteiger partial charge in [-0.15, -0.1) is 5.10 Å². The summed E-state index contributed by atoms with van der Waals surface area (Å²) >= 11 is 0. The SMILES string of the molecule is CCN(CC)CCN(C)c1cc(Nc2nc3cccc(-c4ccc(OC)cc4)n3n2)ccn1. The third-order valence-electron chi connectivity index (χ3n) is 5.78. The van der Waals surface area contributed by atoms with Gasteiger partial charge in [-0.1, -0.05) is 19.9 Å². The molecule has 0 aliphatic heterocycles. The van der Waals surface area contributed by atoms with Crippen LogP contribution in [0.15, 0.2) is 60.8 Å². The second-order valence-electron chi connectivity index (χ2n) is 7.82. The predicted molar refractivity (Wildman–Crippen MR) is 134 cm³/mol. The highest BCUT2D eigenvalue weighted by Gasteiger charge is 2.11. The van der Waals surface area contributed by atoms with Crippen molar-refractivity contribution >= 4 is 23.1 Å². The number of hydrogen-bond donors (Lipinski definition) is 1. The van der Waals surface area contributed by atoms with Gasteiger partial charge >= 0.3 is 0 Å². The van der Waals surface area contributed by atoms with E-state index >= 15 is 0 Å². The molecular weight excluding hydrogens is 414 g/mol. The highest BCUT2D eigenvalue weighted by atomic mass is 16.5. The maximum Gasteiger partial charge on any atom is 0.247 e. The summed E-state index contributed by atoms with van der Waals surface area (Å²) in [6, 6.07) is 17.8. The molecule has 3 aromatic heterocycles. The van der Waals surface area contributed by atoms with Crippen LogP contribution in [-0.2, 0) is 0 Å². The van der Waals surface area contributed by atoms with Crippen molar-refractivity contribution in [2.24, 2.45) is 0 Å². The summed E-state index contributed by atoms with van der Waals surface area (Å²) in [5.41, 5.74) is 3.68. The summed E-state index contributed by atoms with van der Waals surface area (Å²) in [6.45, 7) is 8.40. The molecule has 8 heteroatoms. The van der Waals surface area contributed by atoms with E-state index < -0.39 is 0 Å². The predicted octanol–water partition coefficient (Wildman–Crippen LogP) is 4.32. The average Bonchev–Trinajstić information content (AvgIpc) is 3.27. The van der Waals surface area contributed by atoms with Crippen LogP contribution in [0.25, 0.3) is 16.9 Å². The molecular formula is C25H31N7O. The highest BCUT2D eigenvalue weighted by Crippen LogP contribution is 2.24. The fourth-order valence-corrected chi connectivity index (χ4v) is 3.72. The normalized spacial score (nSPS) is 11.2. The lowest BCUT2D eigenvalue weighted by Crippen LogP contribution is -2.33. The maximum absolute atomic E-state index is 5.27. The number of aromatic nitrogens is 4. The van der Waals surface area contributed by atoms with Crippen molar-refractivity contribution in [3.63, 3.8) is 0 Å². The first kappa shape index (κ1) is 22.5. The van der Waals surface area contributed by atoms with E-state index in [1.54, 1.807) is 7.11 Å². The molecule has 172 valence electrons. The molecule has 4 aromatic rings. The number of pyridine rings is 2. The van der Waals surface area contributed by atoms with Crippen molar-refractivity contribution in [2.45, 2.75) is 13.8 Å². The number of nitrogens with one attached hydrogen (secondary N) is 1. The van der Waals surface area contributed by atoms with Crippen molar-refractivity contribution in [1.82, 2.24) is 24.5 Å². The first-order valence-electron chi connectivity index (χ1n) is 11.3. The van der Waals surface area contributed by atoms with Gasteiger partial charge < -0.3 is 19.9 Å². The Balaban J connectivity index is 1.53. The second-order valence-corrected chi connectivity index (χ2v) is 7.82. The monoisotopic (exact) mass is 445 g/mol. The van der Waals surface area contributed by atoms with Crippen LogP contribution in [0.2, 0.25) is 0 Å². The van der Waals surface area contributed by atoms with Gasteiger partial charge in [0.2, 0.25) is 5.95 Å². The number of methoxy groups -OCH3 is 1. The molecule has 1 N–H and O–H groups in total. The van der Waals surface area contributed by atoms with Gasteiger partial charge in [0, 0.05) is 43.7 Å². The average molecular weight is 446 g/mol. The molecule has 0 bridgehead atoms. The minimum absolute atomic E-state index is 0.541. The molecule has 0 saturated carbocycles. The molecule has 0 fully saturated rings. The van der Waals surface area contributed by atoms with Gasteiger partial charge in [-0.3, -0.25) is 0 Å².